The molecule has 0 spiro atoms. The average Bonchev–Trinajstić information content (AvgIpc) is 2.73. The predicted molar refractivity (Wildman–Crippen MR) is 110 cm³/mol. The first-order chi connectivity index (χ1) is 14.6. The number of hydrogen-bond acceptors (Lipinski definition) is 4. The first-order valence-electron chi connectivity index (χ1n) is 8.84. The summed E-state index contributed by atoms with van der Waals surface area (Å²) in [6, 6.07) is 15.5. The van der Waals surface area contributed by atoms with E-state index < -0.39 is 27.7 Å². The first kappa shape index (κ1) is 22.2. The molecule has 3 aromatic rings. The summed E-state index contributed by atoms with van der Waals surface area (Å²) < 4.78 is 70.4. The number of rotatable bonds is 6. The summed E-state index contributed by atoms with van der Waals surface area (Å²) in [4.78, 5) is 12.4. The molecule has 3 rings (SSSR count). The number of alkyl halides is 3. The number of halogens is 3. The van der Waals surface area contributed by atoms with E-state index in [2.05, 4.69) is 10.0 Å². The summed E-state index contributed by atoms with van der Waals surface area (Å²) in [6.45, 7) is 0. The summed E-state index contributed by atoms with van der Waals surface area (Å²) in [5.41, 5.74) is -0.395. The van der Waals surface area contributed by atoms with Gasteiger partial charge in [-0.05, 0) is 66.7 Å². The molecule has 1 amide bonds. The highest BCUT2D eigenvalue weighted by Gasteiger charge is 2.30. The molecule has 0 aliphatic carbocycles. The largest absolute Gasteiger partial charge is 0.497 e. The van der Waals surface area contributed by atoms with Crippen molar-refractivity contribution in [2.75, 3.05) is 17.1 Å². The van der Waals surface area contributed by atoms with Crippen LogP contribution in [0.4, 0.5) is 24.5 Å². The van der Waals surface area contributed by atoms with Crippen LogP contribution in [0.15, 0.2) is 77.7 Å². The maximum Gasteiger partial charge on any atom is 0.416 e. The number of carbonyl (C=O) groups is 1. The minimum Gasteiger partial charge on any atom is -0.497 e. The minimum absolute atomic E-state index is 0.00732. The van der Waals surface area contributed by atoms with E-state index in [9.17, 15) is 26.4 Å². The van der Waals surface area contributed by atoms with Crippen LogP contribution in [0.25, 0.3) is 0 Å². The van der Waals surface area contributed by atoms with Gasteiger partial charge in [-0.3, -0.25) is 9.52 Å². The van der Waals surface area contributed by atoms with Gasteiger partial charge in [0.05, 0.1) is 17.6 Å². The van der Waals surface area contributed by atoms with Crippen LogP contribution in [-0.2, 0) is 16.2 Å². The first-order valence-corrected chi connectivity index (χ1v) is 10.3. The topological polar surface area (TPSA) is 84.5 Å². The quantitative estimate of drug-likeness (QED) is 0.567. The molecule has 2 N–H and O–H groups in total. The van der Waals surface area contributed by atoms with Gasteiger partial charge in [0.1, 0.15) is 5.75 Å². The molecule has 3 aromatic carbocycles. The Bertz CT molecular complexity index is 1180. The van der Waals surface area contributed by atoms with Gasteiger partial charge in [0.25, 0.3) is 15.9 Å². The average molecular weight is 450 g/mol. The van der Waals surface area contributed by atoms with Gasteiger partial charge >= 0.3 is 6.18 Å². The van der Waals surface area contributed by atoms with Crippen LogP contribution in [-0.4, -0.2) is 21.4 Å². The molecular formula is C21H17F3N2O4S. The Hall–Kier alpha value is -3.53. The van der Waals surface area contributed by atoms with Crippen molar-refractivity contribution in [3.05, 3.63) is 83.9 Å². The summed E-state index contributed by atoms with van der Waals surface area (Å²) in [7, 11) is -2.44. The van der Waals surface area contributed by atoms with Crippen molar-refractivity contribution in [2.45, 2.75) is 11.1 Å². The maximum absolute atomic E-state index is 12.6. The number of ether oxygens (including phenoxy) is 1. The Morgan fingerprint density at radius 2 is 1.55 bits per heavy atom. The number of sulfonamides is 1. The van der Waals surface area contributed by atoms with Gasteiger partial charge in [0.2, 0.25) is 0 Å². The number of benzene rings is 3. The summed E-state index contributed by atoms with van der Waals surface area (Å²) >= 11 is 0. The molecule has 0 saturated carbocycles. The van der Waals surface area contributed by atoms with Crippen molar-refractivity contribution in [1.82, 2.24) is 0 Å². The molecule has 0 saturated heterocycles. The Kier molecular flexibility index (Phi) is 6.21. The normalized spacial score (nSPS) is 11.6. The third-order valence-electron chi connectivity index (χ3n) is 4.22. The standard InChI is InChI=1S/C21H17F3N2O4S/c1-30-18-9-11-19(12-10-18)31(28,29)26-17-4-2-3-14(13-17)20(27)25-16-7-5-15(6-8-16)21(22,23)24/h2-13,26H,1H3,(H,25,27). The fourth-order valence-electron chi connectivity index (χ4n) is 2.64. The van der Waals surface area contributed by atoms with Crippen molar-refractivity contribution in [2.24, 2.45) is 0 Å². The number of anilines is 2. The highest BCUT2D eigenvalue weighted by atomic mass is 32.2. The molecule has 0 radical (unpaired) electrons. The van der Waals surface area contributed by atoms with Gasteiger partial charge in [0, 0.05) is 16.9 Å². The van der Waals surface area contributed by atoms with Crippen molar-refractivity contribution < 1.29 is 31.1 Å². The lowest BCUT2D eigenvalue weighted by molar-refractivity contribution is -0.137. The Morgan fingerprint density at radius 1 is 0.903 bits per heavy atom. The second-order valence-corrected chi connectivity index (χ2v) is 8.07. The van der Waals surface area contributed by atoms with Gasteiger partial charge in [-0.15, -0.1) is 0 Å². The maximum atomic E-state index is 12.6. The summed E-state index contributed by atoms with van der Waals surface area (Å²) in [5.74, 6) is -0.105. The number of amides is 1. The fraction of sp³-hybridized carbons (Fsp3) is 0.0952. The number of methoxy groups -OCH3 is 1. The molecule has 162 valence electrons. The summed E-state index contributed by atoms with van der Waals surface area (Å²) in [5, 5.41) is 2.47. The Balaban J connectivity index is 1.73. The Labute approximate surface area is 176 Å². The minimum atomic E-state index is -4.47. The van der Waals surface area contributed by atoms with E-state index in [4.69, 9.17) is 4.74 Å². The van der Waals surface area contributed by atoms with Crippen LogP contribution in [0, 0.1) is 0 Å². The molecular weight excluding hydrogens is 433 g/mol. The van der Waals surface area contributed by atoms with Gasteiger partial charge < -0.3 is 10.1 Å². The van der Waals surface area contributed by atoms with Crippen LogP contribution in [0.2, 0.25) is 0 Å². The van der Waals surface area contributed by atoms with Gasteiger partial charge in [-0.2, -0.15) is 13.2 Å². The molecule has 0 heterocycles. The van der Waals surface area contributed by atoms with E-state index >= 15 is 0 Å². The monoisotopic (exact) mass is 450 g/mol. The molecule has 0 bridgehead atoms. The lowest BCUT2D eigenvalue weighted by atomic mass is 10.1. The molecule has 0 aliphatic rings. The van der Waals surface area contributed by atoms with Crippen molar-refractivity contribution >= 4 is 27.3 Å². The third-order valence-corrected chi connectivity index (χ3v) is 5.61. The van der Waals surface area contributed by atoms with Gasteiger partial charge in [-0.1, -0.05) is 6.07 Å². The molecule has 10 heteroatoms. The SMILES string of the molecule is COc1ccc(S(=O)(=O)Nc2cccc(C(=O)Nc3ccc(C(F)(F)F)cc3)c2)cc1. The smallest absolute Gasteiger partial charge is 0.416 e. The van der Waals surface area contributed by atoms with Crippen LogP contribution in [0.5, 0.6) is 5.75 Å². The second-order valence-electron chi connectivity index (χ2n) is 6.39. The van der Waals surface area contributed by atoms with Crippen LogP contribution < -0.4 is 14.8 Å². The van der Waals surface area contributed by atoms with E-state index in [0.29, 0.717) is 5.75 Å². The zero-order chi connectivity index (χ0) is 22.6. The molecule has 0 aromatic heterocycles. The molecule has 0 atom stereocenters. The molecule has 31 heavy (non-hydrogen) atoms. The second kappa shape index (κ2) is 8.68. The van der Waals surface area contributed by atoms with Gasteiger partial charge in [0.15, 0.2) is 0 Å². The molecule has 0 aliphatic heterocycles. The van der Waals surface area contributed by atoms with E-state index in [0.717, 1.165) is 24.3 Å². The van der Waals surface area contributed by atoms with Crippen molar-refractivity contribution in [3.8, 4) is 5.75 Å². The molecule has 6 nitrogen and oxygen atoms in total. The summed E-state index contributed by atoms with van der Waals surface area (Å²) in [6.07, 6.45) is -4.47. The van der Waals surface area contributed by atoms with Crippen molar-refractivity contribution in [3.63, 3.8) is 0 Å². The lowest BCUT2D eigenvalue weighted by Crippen LogP contribution is -2.15. The zero-order valence-electron chi connectivity index (χ0n) is 16.1. The molecule has 0 unspecified atom stereocenters. The van der Waals surface area contributed by atoms with E-state index in [-0.39, 0.29) is 21.8 Å². The van der Waals surface area contributed by atoms with Crippen molar-refractivity contribution in [1.29, 1.82) is 0 Å². The van der Waals surface area contributed by atoms with Crippen LogP contribution >= 0.6 is 0 Å². The molecule has 0 fully saturated rings. The van der Waals surface area contributed by atoms with E-state index in [1.807, 2.05) is 0 Å². The van der Waals surface area contributed by atoms with Gasteiger partial charge in [-0.25, -0.2) is 8.42 Å². The third kappa shape index (κ3) is 5.54. The number of carbonyl (C=O) groups excluding carboxylic acids is 1. The fourth-order valence-corrected chi connectivity index (χ4v) is 3.69. The number of hydrogen-bond donors (Lipinski definition) is 2. The van der Waals surface area contributed by atoms with Crippen LogP contribution in [0.1, 0.15) is 15.9 Å². The number of nitrogens with one attached hydrogen (secondary N) is 2. The highest BCUT2D eigenvalue weighted by Crippen LogP contribution is 2.30. The lowest BCUT2D eigenvalue weighted by Gasteiger charge is -2.11. The highest BCUT2D eigenvalue weighted by molar-refractivity contribution is 7.92. The van der Waals surface area contributed by atoms with E-state index in [1.165, 1.54) is 55.6 Å². The zero-order valence-corrected chi connectivity index (χ0v) is 16.9. The predicted octanol–water partition coefficient (Wildman–Crippen LogP) is 4.77. The van der Waals surface area contributed by atoms with Crippen LogP contribution in [0.3, 0.4) is 0 Å². The van der Waals surface area contributed by atoms with E-state index in [1.54, 1.807) is 0 Å². The Morgan fingerprint density at radius 3 is 2.13 bits per heavy atom.